The molecule has 0 aliphatic heterocycles. The predicted octanol–water partition coefficient (Wildman–Crippen LogP) is 1.80. The summed E-state index contributed by atoms with van der Waals surface area (Å²) < 4.78 is 5.31. The Labute approximate surface area is 84.8 Å². The summed E-state index contributed by atoms with van der Waals surface area (Å²) in [6.07, 6.45) is 7.65. The fraction of sp³-hybridized carbons (Fsp3) is 0.727. The summed E-state index contributed by atoms with van der Waals surface area (Å²) >= 11 is 0. The minimum Gasteiger partial charge on any atom is -0.457 e. The second-order valence-corrected chi connectivity index (χ2v) is 3.87. The van der Waals surface area contributed by atoms with Crippen molar-refractivity contribution in [3.05, 3.63) is 12.7 Å². The third-order valence-electron chi connectivity index (χ3n) is 2.74. The lowest BCUT2D eigenvalue weighted by atomic mass is 9.82. The fourth-order valence-corrected chi connectivity index (χ4v) is 2.08. The highest BCUT2D eigenvalue weighted by Crippen LogP contribution is 2.34. The van der Waals surface area contributed by atoms with E-state index < -0.39 is 12.6 Å². The lowest BCUT2D eigenvalue weighted by Crippen LogP contribution is -2.37. The van der Waals surface area contributed by atoms with Crippen LogP contribution in [0.25, 0.3) is 0 Å². The van der Waals surface area contributed by atoms with Gasteiger partial charge >= 0.3 is 5.97 Å². The van der Waals surface area contributed by atoms with Crippen molar-refractivity contribution in [1.82, 2.24) is 0 Å². The summed E-state index contributed by atoms with van der Waals surface area (Å²) in [5.41, 5.74) is -0.375. The lowest BCUT2D eigenvalue weighted by molar-refractivity contribution is -0.166. The van der Waals surface area contributed by atoms with Gasteiger partial charge in [-0.1, -0.05) is 12.5 Å². The quantitative estimate of drug-likeness (QED) is 0.553. The zero-order valence-corrected chi connectivity index (χ0v) is 8.50. The van der Waals surface area contributed by atoms with Crippen molar-refractivity contribution in [2.24, 2.45) is 0 Å². The standard InChI is InChI=1S/C11H18O3/c1-2-6-11(14-10(13)9-12)7-4-3-5-8-11/h2,12H,1,3-9H2. The Morgan fingerprint density at radius 1 is 1.43 bits per heavy atom. The first-order chi connectivity index (χ1) is 6.72. The summed E-state index contributed by atoms with van der Waals surface area (Å²) in [5.74, 6) is -0.520. The van der Waals surface area contributed by atoms with Crippen LogP contribution in [0.1, 0.15) is 38.5 Å². The molecule has 1 aliphatic carbocycles. The maximum atomic E-state index is 11.1. The van der Waals surface area contributed by atoms with E-state index in [2.05, 4.69) is 6.58 Å². The molecule has 1 fully saturated rings. The van der Waals surface area contributed by atoms with Gasteiger partial charge in [-0.15, -0.1) is 6.58 Å². The summed E-state index contributed by atoms with van der Waals surface area (Å²) in [4.78, 5) is 11.1. The molecule has 0 aromatic rings. The lowest BCUT2D eigenvalue weighted by Gasteiger charge is -2.35. The number of ether oxygens (including phenoxy) is 1. The van der Waals surface area contributed by atoms with Crippen molar-refractivity contribution >= 4 is 5.97 Å². The first-order valence-electron chi connectivity index (χ1n) is 5.16. The second kappa shape index (κ2) is 5.15. The summed E-state index contributed by atoms with van der Waals surface area (Å²) in [5, 5.41) is 8.65. The highest BCUT2D eigenvalue weighted by Gasteiger charge is 2.34. The number of hydrogen-bond donors (Lipinski definition) is 1. The monoisotopic (exact) mass is 198 g/mol. The molecule has 0 bridgehead atoms. The Kier molecular flexibility index (Phi) is 4.14. The number of aliphatic hydroxyl groups is 1. The van der Waals surface area contributed by atoms with Gasteiger partial charge in [0, 0.05) is 6.42 Å². The maximum Gasteiger partial charge on any atom is 0.332 e. The Morgan fingerprint density at radius 2 is 2.07 bits per heavy atom. The number of hydrogen-bond acceptors (Lipinski definition) is 3. The average molecular weight is 198 g/mol. The highest BCUT2D eigenvalue weighted by atomic mass is 16.6. The Balaban J connectivity index is 2.59. The largest absolute Gasteiger partial charge is 0.457 e. The van der Waals surface area contributed by atoms with E-state index in [9.17, 15) is 4.79 Å². The van der Waals surface area contributed by atoms with E-state index in [0.29, 0.717) is 6.42 Å². The smallest absolute Gasteiger partial charge is 0.332 e. The molecule has 0 atom stereocenters. The molecule has 0 saturated heterocycles. The van der Waals surface area contributed by atoms with Crippen LogP contribution in [0.15, 0.2) is 12.7 Å². The van der Waals surface area contributed by atoms with Gasteiger partial charge in [-0.3, -0.25) is 0 Å². The minimum atomic E-state index is -0.529. The molecule has 1 N–H and O–H groups in total. The van der Waals surface area contributed by atoms with Gasteiger partial charge in [-0.2, -0.15) is 0 Å². The van der Waals surface area contributed by atoms with Crippen molar-refractivity contribution < 1.29 is 14.6 Å². The van der Waals surface area contributed by atoms with Crippen LogP contribution in [0.5, 0.6) is 0 Å². The van der Waals surface area contributed by atoms with E-state index in [-0.39, 0.29) is 5.60 Å². The molecule has 0 spiro atoms. The number of esters is 1. The van der Waals surface area contributed by atoms with Crippen molar-refractivity contribution in [3.63, 3.8) is 0 Å². The van der Waals surface area contributed by atoms with E-state index in [1.165, 1.54) is 6.42 Å². The fourth-order valence-electron chi connectivity index (χ4n) is 2.08. The Hall–Kier alpha value is -0.830. The van der Waals surface area contributed by atoms with E-state index in [1.807, 2.05) is 0 Å². The van der Waals surface area contributed by atoms with Gasteiger partial charge in [0.15, 0.2) is 0 Å². The molecule has 80 valence electrons. The molecule has 0 heterocycles. The third-order valence-corrected chi connectivity index (χ3v) is 2.74. The van der Waals surface area contributed by atoms with Crippen LogP contribution in [-0.2, 0) is 9.53 Å². The molecule has 0 aromatic heterocycles. The first-order valence-corrected chi connectivity index (χ1v) is 5.16. The molecule has 0 unspecified atom stereocenters. The zero-order chi connectivity index (χ0) is 10.4. The topological polar surface area (TPSA) is 46.5 Å². The van der Waals surface area contributed by atoms with Crippen molar-refractivity contribution in [1.29, 1.82) is 0 Å². The molecule has 1 rings (SSSR count). The van der Waals surface area contributed by atoms with Gasteiger partial charge in [0.1, 0.15) is 12.2 Å². The molecule has 0 amide bonds. The number of carbonyl (C=O) groups excluding carboxylic acids is 1. The summed E-state index contributed by atoms with van der Waals surface area (Å²) in [7, 11) is 0. The number of rotatable bonds is 4. The molecule has 1 aliphatic rings. The third kappa shape index (κ3) is 2.84. The van der Waals surface area contributed by atoms with Gasteiger partial charge in [0.25, 0.3) is 0 Å². The van der Waals surface area contributed by atoms with E-state index in [1.54, 1.807) is 6.08 Å². The van der Waals surface area contributed by atoms with Crippen LogP contribution in [0.2, 0.25) is 0 Å². The van der Waals surface area contributed by atoms with Crippen molar-refractivity contribution in [2.75, 3.05) is 6.61 Å². The van der Waals surface area contributed by atoms with Crippen molar-refractivity contribution in [3.8, 4) is 0 Å². The zero-order valence-electron chi connectivity index (χ0n) is 8.50. The van der Waals surface area contributed by atoms with Crippen LogP contribution in [0, 0.1) is 0 Å². The Bertz CT molecular complexity index is 205. The molecule has 3 heteroatoms. The summed E-state index contributed by atoms with van der Waals surface area (Å²) in [6.45, 7) is 3.15. The van der Waals surface area contributed by atoms with Crippen LogP contribution in [0.3, 0.4) is 0 Å². The molecular formula is C11H18O3. The molecule has 14 heavy (non-hydrogen) atoms. The van der Waals surface area contributed by atoms with Crippen LogP contribution >= 0.6 is 0 Å². The van der Waals surface area contributed by atoms with Crippen molar-refractivity contribution in [2.45, 2.75) is 44.1 Å². The van der Waals surface area contributed by atoms with Crippen LogP contribution < -0.4 is 0 Å². The maximum absolute atomic E-state index is 11.1. The van der Waals surface area contributed by atoms with E-state index in [4.69, 9.17) is 9.84 Å². The van der Waals surface area contributed by atoms with Gasteiger partial charge in [-0.05, 0) is 25.7 Å². The minimum absolute atomic E-state index is 0.375. The summed E-state index contributed by atoms with van der Waals surface area (Å²) in [6, 6.07) is 0. The van der Waals surface area contributed by atoms with Gasteiger partial charge in [0.2, 0.25) is 0 Å². The van der Waals surface area contributed by atoms with E-state index in [0.717, 1.165) is 25.7 Å². The first kappa shape index (κ1) is 11.2. The second-order valence-electron chi connectivity index (χ2n) is 3.87. The van der Waals surface area contributed by atoms with Gasteiger partial charge in [-0.25, -0.2) is 4.79 Å². The predicted molar refractivity (Wildman–Crippen MR) is 53.8 cm³/mol. The average Bonchev–Trinajstić information content (AvgIpc) is 2.19. The highest BCUT2D eigenvalue weighted by molar-refractivity contribution is 5.70. The molecule has 0 aromatic carbocycles. The molecule has 1 saturated carbocycles. The normalized spacial score (nSPS) is 20.1. The SMILES string of the molecule is C=CCC1(OC(=O)CO)CCCCC1. The molecular weight excluding hydrogens is 180 g/mol. The number of aliphatic hydroxyl groups excluding tert-OH is 1. The van der Waals surface area contributed by atoms with Gasteiger partial charge in [0.05, 0.1) is 0 Å². The van der Waals surface area contributed by atoms with Gasteiger partial charge < -0.3 is 9.84 Å². The molecule has 0 radical (unpaired) electrons. The number of carbonyl (C=O) groups is 1. The van der Waals surface area contributed by atoms with E-state index >= 15 is 0 Å². The Morgan fingerprint density at radius 3 is 2.57 bits per heavy atom. The van der Waals surface area contributed by atoms with Crippen LogP contribution in [-0.4, -0.2) is 23.3 Å². The molecule has 3 nitrogen and oxygen atoms in total. The van der Waals surface area contributed by atoms with Crippen LogP contribution in [0.4, 0.5) is 0 Å².